The molecule has 1 aromatic rings. The summed E-state index contributed by atoms with van der Waals surface area (Å²) in [6, 6.07) is 2.70. The molecule has 126 valence electrons. The fourth-order valence-corrected chi connectivity index (χ4v) is 3.84. The van der Waals surface area contributed by atoms with Crippen molar-refractivity contribution >= 4 is 5.91 Å². The van der Waals surface area contributed by atoms with Gasteiger partial charge in [0.2, 0.25) is 5.91 Å². The lowest BCUT2D eigenvalue weighted by Crippen LogP contribution is -2.46. The Morgan fingerprint density at radius 3 is 2.96 bits per heavy atom. The molecular formula is C16H24N4O3. The van der Waals surface area contributed by atoms with E-state index in [9.17, 15) is 4.79 Å². The number of hydrogen-bond donors (Lipinski definition) is 0. The van der Waals surface area contributed by atoms with Gasteiger partial charge in [-0.1, -0.05) is 0 Å². The average molecular weight is 320 g/mol. The number of hydroxylamine groups is 2. The van der Waals surface area contributed by atoms with Gasteiger partial charge in [-0.2, -0.15) is 5.10 Å². The van der Waals surface area contributed by atoms with E-state index in [1.165, 1.54) is 10.8 Å². The minimum Gasteiger partial charge on any atom is -0.381 e. The van der Waals surface area contributed by atoms with Gasteiger partial charge in [-0.15, -0.1) is 0 Å². The monoisotopic (exact) mass is 320 g/mol. The maximum atomic E-state index is 12.4. The Kier molecular flexibility index (Phi) is 4.33. The minimum atomic E-state index is 0.0720. The highest BCUT2D eigenvalue weighted by Gasteiger charge is 2.33. The highest BCUT2D eigenvalue weighted by Crippen LogP contribution is 2.28. The van der Waals surface area contributed by atoms with Gasteiger partial charge >= 0.3 is 0 Å². The van der Waals surface area contributed by atoms with Crippen molar-refractivity contribution in [1.29, 1.82) is 0 Å². The van der Waals surface area contributed by atoms with Crippen molar-refractivity contribution in [1.82, 2.24) is 19.7 Å². The summed E-state index contributed by atoms with van der Waals surface area (Å²) in [5.41, 5.74) is 1.20. The second kappa shape index (κ2) is 6.59. The fourth-order valence-electron chi connectivity index (χ4n) is 3.84. The van der Waals surface area contributed by atoms with Crippen molar-refractivity contribution in [3.8, 4) is 0 Å². The molecule has 4 rings (SSSR count). The quantitative estimate of drug-likeness (QED) is 0.831. The van der Waals surface area contributed by atoms with Gasteiger partial charge in [0.15, 0.2) is 0 Å². The summed E-state index contributed by atoms with van der Waals surface area (Å²) in [7, 11) is 0. The number of carbonyl (C=O) groups excluding carboxylic acids is 1. The summed E-state index contributed by atoms with van der Waals surface area (Å²) in [5, 5.41) is 5.98. The van der Waals surface area contributed by atoms with Gasteiger partial charge in [-0.25, -0.2) is 5.06 Å². The first-order chi connectivity index (χ1) is 11.3. The molecule has 0 radical (unpaired) electrons. The molecule has 0 saturated carbocycles. The third kappa shape index (κ3) is 3.13. The Hall–Kier alpha value is -1.44. The number of aromatic nitrogens is 2. The van der Waals surface area contributed by atoms with E-state index in [1.807, 2.05) is 10.9 Å². The van der Waals surface area contributed by atoms with Crippen LogP contribution in [0.25, 0.3) is 0 Å². The summed E-state index contributed by atoms with van der Waals surface area (Å²) in [6.07, 6.45) is 5.37. The smallest absolute Gasteiger partial charge is 0.248 e. The lowest BCUT2D eigenvalue weighted by molar-refractivity contribution is -0.170. The molecular weight excluding hydrogens is 296 g/mol. The molecule has 1 amide bonds. The van der Waals surface area contributed by atoms with Crippen LogP contribution in [0.5, 0.6) is 0 Å². The Morgan fingerprint density at radius 2 is 2.17 bits per heavy atom. The molecule has 1 aromatic heterocycles. The summed E-state index contributed by atoms with van der Waals surface area (Å²) in [5.74, 6) is 0.0720. The first-order valence-corrected chi connectivity index (χ1v) is 8.59. The van der Waals surface area contributed by atoms with Crippen LogP contribution in [-0.2, 0) is 20.9 Å². The zero-order chi connectivity index (χ0) is 15.6. The molecule has 0 N–H and O–H groups in total. The molecule has 3 aliphatic heterocycles. The number of fused-ring (bicyclic) bond motifs is 1. The minimum absolute atomic E-state index is 0.0720. The van der Waals surface area contributed by atoms with E-state index in [2.05, 4.69) is 16.1 Å². The molecule has 7 heteroatoms. The normalized spacial score (nSPS) is 26.4. The molecule has 2 fully saturated rings. The number of nitrogens with zero attached hydrogens (tertiary/aromatic N) is 4. The van der Waals surface area contributed by atoms with E-state index in [-0.39, 0.29) is 11.9 Å². The van der Waals surface area contributed by atoms with E-state index in [4.69, 9.17) is 9.57 Å². The van der Waals surface area contributed by atoms with Crippen LogP contribution in [-0.4, -0.2) is 64.6 Å². The Labute approximate surface area is 136 Å². The van der Waals surface area contributed by atoms with Crippen LogP contribution < -0.4 is 0 Å². The lowest BCUT2D eigenvalue weighted by atomic mass is 10.0. The summed E-state index contributed by atoms with van der Waals surface area (Å²) in [4.78, 5) is 20.3. The van der Waals surface area contributed by atoms with Crippen LogP contribution in [0.2, 0.25) is 0 Å². The van der Waals surface area contributed by atoms with Crippen molar-refractivity contribution in [3.05, 3.63) is 18.0 Å². The molecule has 23 heavy (non-hydrogen) atoms. The highest BCUT2D eigenvalue weighted by molar-refractivity contribution is 5.75. The summed E-state index contributed by atoms with van der Waals surface area (Å²) in [6.45, 7) is 4.82. The van der Waals surface area contributed by atoms with Crippen LogP contribution in [0.3, 0.4) is 0 Å². The standard InChI is InChI=1S/C16H24N4O3/c21-16(19-6-1-7-23-19)10-15-12-18(13-3-8-22-9-4-13)11-14-2-5-17-20(14)15/h2,5,13,15H,1,3-4,6-12H2/t15-/m0/s1. The molecule has 0 aromatic carbocycles. The maximum Gasteiger partial charge on any atom is 0.248 e. The van der Waals surface area contributed by atoms with Crippen LogP contribution in [0.15, 0.2) is 12.3 Å². The molecule has 0 unspecified atom stereocenters. The van der Waals surface area contributed by atoms with E-state index in [0.717, 1.165) is 45.6 Å². The van der Waals surface area contributed by atoms with E-state index in [0.29, 0.717) is 25.6 Å². The van der Waals surface area contributed by atoms with E-state index < -0.39 is 0 Å². The average Bonchev–Trinajstić information content (AvgIpc) is 3.27. The highest BCUT2D eigenvalue weighted by atomic mass is 16.7. The van der Waals surface area contributed by atoms with Gasteiger partial charge < -0.3 is 4.74 Å². The SMILES string of the molecule is O=C(C[C@H]1CN(C2CCOCC2)Cc2ccnn21)N1CCCO1. The zero-order valence-corrected chi connectivity index (χ0v) is 13.4. The molecule has 1 atom stereocenters. The van der Waals surface area contributed by atoms with Gasteiger partial charge in [0.05, 0.1) is 31.3 Å². The number of rotatable bonds is 3. The lowest BCUT2D eigenvalue weighted by Gasteiger charge is -2.40. The van der Waals surface area contributed by atoms with Crippen LogP contribution >= 0.6 is 0 Å². The third-order valence-corrected chi connectivity index (χ3v) is 5.06. The van der Waals surface area contributed by atoms with Crippen molar-refractivity contribution in [2.24, 2.45) is 0 Å². The van der Waals surface area contributed by atoms with Crippen molar-refractivity contribution < 1.29 is 14.4 Å². The Morgan fingerprint density at radius 1 is 1.30 bits per heavy atom. The Bertz CT molecular complexity index is 549. The van der Waals surface area contributed by atoms with Gasteiger partial charge in [-0.3, -0.25) is 19.2 Å². The number of amides is 1. The van der Waals surface area contributed by atoms with Gasteiger partial charge in [0.25, 0.3) is 0 Å². The maximum absolute atomic E-state index is 12.4. The van der Waals surface area contributed by atoms with Gasteiger partial charge in [0, 0.05) is 38.5 Å². The van der Waals surface area contributed by atoms with Gasteiger partial charge in [0.1, 0.15) is 0 Å². The van der Waals surface area contributed by atoms with Crippen LogP contribution in [0.1, 0.15) is 37.4 Å². The zero-order valence-electron chi connectivity index (χ0n) is 13.4. The van der Waals surface area contributed by atoms with E-state index >= 15 is 0 Å². The second-order valence-electron chi connectivity index (χ2n) is 6.58. The fraction of sp³-hybridized carbons (Fsp3) is 0.750. The number of ether oxygens (including phenoxy) is 1. The first-order valence-electron chi connectivity index (χ1n) is 8.59. The molecule has 3 aliphatic rings. The number of hydrogen-bond acceptors (Lipinski definition) is 5. The van der Waals surface area contributed by atoms with Crippen LogP contribution in [0, 0.1) is 0 Å². The van der Waals surface area contributed by atoms with Crippen molar-refractivity contribution in [3.63, 3.8) is 0 Å². The van der Waals surface area contributed by atoms with Gasteiger partial charge in [-0.05, 0) is 25.3 Å². The Balaban J connectivity index is 1.47. The molecule has 4 heterocycles. The molecule has 0 aliphatic carbocycles. The summed E-state index contributed by atoms with van der Waals surface area (Å²) >= 11 is 0. The third-order valence-electron chi connectivity index (χ3n) is 5.06. The summed E-state index contributed by atoms with van der Waals surface area (Å²) < 4.78 is 7.51. The molecule has 7 nitrogen and oxygen atoms in total. The first kappa shape index (κ1) is 15.1. The predicted octanol–water partition coefficient (Wildman–Crippen LogP) is 0.973. The van der Waals surface area contributed by atoms with Crippen LogP contribution in [0.4, 0.5) is 0 Å². The van der Waals surface area contributed by atoms with Crippen molar-refractivity contribution in [2.75, 3.05) is 32.9 Å². The van der Waals surface area contributed by atoms with E-state index in [1.54, 1.807) is 0 Å². The largest absolute Gasteiger partial charge is 0.381 e. The molecule has 2 saturated heterocycles. The second-order valence-corrected chi connectivity index (χ2v) is 6.58. The number of carbonyl (C=O) groups is 1. The molecule has 0 bridgehead atoms. The topological polar surface area (TPSA) is 59.8 Å². The molecule has 0 spiro atoms. The predicted molar refractivity (Wildman–Crippen MR) is 82.4 cm³/mol. The van der Waals surface area contributed by atoms with Crippen molar-refractivity contribution in [2.45, 2.75) is 44.3 Å².